The normalized spacial score (nSPS) is 25.8. The number of carbonyl (C=O) groups is 2. The number of carbonyl (C=O) groups excluding carboxylic acids is 1. The predicted octanol–water partition coefficient (Wildman–Crippen LogP) is 5.30. The van der Waals surface area contributed by atoms with E-state index in [1.807, 2.05) is 37.3 Å². The zero-order valence-electron chi connectivity index (χ0n) is 20.8. The van der Waals surface area contributed by atoms with Crippen molar-refractivity contribution in [1.82, 2.24) is 10.0 Å². The Kier molecular flexibility index (Phi) is 8.24. The minimum atomic E-state index is -3.49. The van der Waals surface area contributed by atoms with E-state index in [2.05, 4.69) is 10.0 Å². The third-order valence-electron chi connectivity index (χ3n) is 7.53. The fraction of sp³-hybridized carbons (Fsp3) is 0.481. The zero-order valence-corrected chi connectivity index (χ0v) is 23.1. The molecule has 4 rings (SSSR count). The molecule has 7 nitrogen and oxygen atoms in total. The Hall–Kier alpha value is -2.13. The topological polar surface area (TPSA) is 113 Å². The highest BCUT2D eigenvalue weighted by molar-refractivity contribution is 7.90. The van der Waals surface area contributed by atoms with Gasteiger partial charge < -0.3 is 10.4 Å². The van der Waals surface area contributed by atoms with Gasteiger partial charge >= 0.3 is 5.97 Å². The molecule has 200 valence electrons. The third-order valence-corrected chi connectivity index (χ3v) is 9.98. The molecule has 0 radical (unpaired) electrons. The number of aliphatic carboxylic acids is 1. The van der Waals surface area contributed by atoms with E-state index in [1.165, 1.54) is 0 Å². The smallest absolute Gasteiger partial charge is 0.304 e. The summed E-state index contributed by atoms with van der Waals surface area (Å²) in [4.78, 5) is 24.8. The van der Waals surface area contributed by atoms with Gasteiger partial charge in [0.25, 0.3) is 0 Å². The highest BCUT2D eigenvalue weighted by atomic mass is 35.5. The maximum absolute atomic E-state index is 13.2. The first-order valence-electron chi connectivity index (χ1n) is 12.4. The average Bonchev–Trinajstić information content (AvgIpc) is 3.66. The van der Waals surface area contributed by atoms with Gasteiger partial charge in [-0.3, -0.25) is 9.59 Å². The Labute approximate surface area is 228 Å². The fourth-order valence-corrected chi connectivity index (χ4v) is 7.26. The molecule has 1 heterocycles. The second kappa shape index (κ2) is 10.9. The van der Waals surface area contributed by atoms with Crippen LogP contribution in [0.25, 0.3) is 0 Å². The molecule has 1 saturated heterocycles. The van der Waals surface area contributed by atoms with Gasteiger partial charge in [0.2, 0.25) is 15.9 Å². The summed E-state index contributed by atoms with van der Waals surface area (Å²) in [7, 11) is -3.49. The zero-order chi connectivity index (χ0) is 27.0. The first kappa shape index (κ1) is 27.9. The van der Waals surface area contributed by atoms with E-state index in [0.717, 1.165) is 11.1 Å². The monoisotopic (exact) mass is 566 g/mol. The van der Waals surface area contributed by atoms with E-state index in [0.29, 0.717) is 35.7 Å². The molecule has 0 spiro atoms. The summed E-state index contributed by atoms with van der Waals surface area (Å²) in [5.41, 5.74) is 0.609. The van der Waals surface area contributed by atoms with Crippen LogP contribution in [0.1, 0.15) is 69.0 Å². The largest absolute Gasteiger partial charge is 0.481 e. The summed E-state index contributed by atoms with van der Waals surface area (Å²) >= 11 is 12.4. The van der Waals surface area contributed by atoms with Crippen LogP contribution in [0.5, 0.6) is 0 Å². The van der Waals surface area contributed by atoms with Gasteiger partial charge in [0.05, 0.1) is 17.1 Å². The third kappa shape index (κ3) is 6.66. The molecule has 1 amide bonds. The molecule has 1 unspecified atom stereocenters. The molecule has 1 saturated carbocycles. The van der Waals surface area contributed by atoms with Crippen LogP contribution in [0.3, 0.4) is 0 Å². The van der Waals surface area contributed by atoms with E-state index in [4.69, 9.17) is 23.2 Å². The number of benzene rings is 2. The van der Waals surface area contributed by atoms with Crippen LogP contribution in [0.15, 0.2) is 48.5 Å². The van der Waals surface area contributed by atoms with Gasteiger partial charge in [-0.1, -0.05) is 61.3 Å². The van der Waals surface area contributed by atoms with Gasteiger partial charge in [-0.05, 0) is 67.0 Å². The van der Waals surface area contributed by atoms with Gasteiger partial charge in [0.1, 0.15) is 0 Å². The fourth-order valence-electron chi connectivity index (χ4n) is 5.36. The summed E-state index contributed by atoms with van der Waals surface area (Å²) in [6.07, 6.45) is 1.77. The highest BCUT2D eigenvalue weighted by Crippen LogP contribution is 2.44. The molecule has 0 bridgehead atoms. The molecule has 2 aliphatic rings. The molecular formula is C27H32Cl2N2O5S. The van der Waals surface area contributed by atoms with Crippen molar-refractivity contribution in [1.29, 1.82) is 0 Å². The Morgan fingerprint density at radius 1 is 1.16 bits per heavy atom. The molecule has 2 aromatic carbocycles. The van der Waals surface area contributed by atoms with Crippen molar-refractivity contribution in [3.05, 3.63) is 69.7 Å². The van der Waals surface area contributed by atoms with Crippen molar-refractivity contribution in [3.63, 3.8) is 0 Å². The number of nitrogens with one attached hydrogen (secondary N) is 2. The summed E-state index contributed by atoms with van der Waals surface area (Å²) in [6, 6.07) is 13.6. The number of hydrogen-bond donors (Lipinski definition) is 3. The Balaban J connectivity index is 1.65. The molecule has 2 fully saturated rings. The summed E-state index contributed by atoms with van der Waals surface area (Å²) < 4.78 is 28.7. The van der Waals surface area contributed by atoms with Crippen LogP contribution in [0.2, 0.25) is 10.0 Å². The van der Waals surface area contributed by atoms with E-state index in [9.17, 15) is 23.1 Å². The number of carboxylic acid groups (broad SMARTS) is 1. The lowest BCUT2D eigenvalue weighted by molar-refractivity contribution is -0.147. The average molecular weight is 568 g/mol. The quantitative estimate of drug-likeness (QED) is 0.361. The van der Waals surface area contributed by atoms with Crippen molar-refractivity contribution < 1.29 is 23.1 Å². The number of hydrogen-bond acceptors (Lipinski definition) is 4. The first-order chi connectivity index (χ1) is 17.4. The highest BCUT2D eigenvalue weighted by Gasteiger charge is 2.47. The Morgan fingerprint density at radius 3 is 2.43 bits per heavy atom. The number of rotatable bonds is 10. The van der Waals surface area contributed by atoms with Crippen LogP contribution in [0.4, 0.5) is 0 Å². The van der Waals surface area contributed by atoms with Crippen LogP contribution in [-0.4, -0.2) is 36.7 Å². The van der Waals surface area contributed by atoms with Gasteiger partial charge in [0, 0.05) is 28.0 Å². The van der Waals surface area contributed by atoms with Crippen molar-refractivity contribution in [2.45, 2.75) is 69.2 Å². The van der Waals surface area contributed by atoms with Crippen molar-refractivity contribution in [2.24, 2.45) is 11.3 Å². The number of carboxylic acids is 1. The number of halogens is 2. The molecule has 1 aliphatic carbocycles. The molecule has 0 aromatic heterocycles. The van der Waals surface area contributed by atoms with Crippen molar-refractivity contribution in [3.8, 4) is 0 Å². The van der Waals surface area contributed by atoms with E-state index in [1.54, 1.807) is 25.1 Å². The van der Waals surface area contributed by atoms with Crippen molar-refractivity contribution in [2.75, 3.05) is 0 Å². The molecule has 5 atom stereocenters. The molecule has 1 aliphatic heterocycles. The maximum Gasteiger partial charge on any atom is 0.304 e. The Bertz CT molecular complexity index is 1270. The number of amides is 1. The lowest BCUT2D eigenvalue weighted by Crippen LogP contribution is -2.56. The lowest BCUT2D eigenvalue weighted by Gasteiger charge is -2.45. The summed E-state index contributed by atoms with van der Waals surface area (Å²) in [5.74, 6) is -1.72. The second-order valence-corrected chi connectivity index (χ2v) is 13.5. The lowest BCUT2D eigenvalue weighted by atomic mass is 9.67. The number of sulfonamides is 1. The molecule has 3 N–H and O–H groups in total. The van der Waals surface area contributed by atoms with Gasteiger partial charge in [-0.25, -0.2) is 13.1 Å². The van der Waals surface area contributed by atoms with E-state index in [-0.39, 0.29) is 35.5 Å². The first-order valence-corrected chi connectivity index (χ1v) is 14.7. The second-order valence-electron chi connectivity index (χ2n) is 10.7. The Morgan fingerprint density at radius 2 is 1.84 bits per heavy atom. The summed E-state index contributed by atoms with van der Waals surface area (Å²) in [5, 5.41) is 13.3. The van der Waals surface area contributed by atoms with E-state index < -0.39 is 27.4 Å². The van der Waals surface area contributed by atoms with Crippen LogP contribution < -0.4 is 10.0 Å². The SMILES string of the molecule is CC(C[C@H](NS(=O)(=O)C1CC1)c1ccc(Cl)cc1)[C@@H]1NC(=O)[C@](C)(CC(=O)O)C[C@@H]1c1cccc(Cl)c1. The molecule has 10 heteroatoms. The standard InChI is InChI=1S/C27H32Cl2N2O5S/c1-16(12-23(17-6-8-19(28)9-7-17)31-37(35,36)21-10-11-21)25-22(18-4-3-5-20(29)13-18)14-27(2,15-24(32)33)26(34)30-25/h3-9,13,16,21-23,25,31H,10-12,14-15H2,1-2H3,(H,30,34)(H,32,33)/t16?,22-,23+,25+,27+/m1/s1. The predicted molar refractivity (Wildman–Crippen MR) is 144 cm³/mol. The van der Waals surface area contributed by atoms with Gasteiger partial charge in [0.15, 0.2) is 0 Å². The van der Waals surface area contributed by atoms with Crippen LogP contribution in [0, 0.1) is 11.3 Å². The minimum Gasteiger partial charge on any atom is -0.481 e. The molecular weight excluding hydrogens is 535 g/mol. The van der Waals surface area contributed by atoms with Gasteiger partial charge in [-0.15, -0.1) is 0 Å². The molecule has 2 aromatic rings. The minimum absolute atomic E-state index is 0.162. The maximum atomic E-state index is 13.2. The number of piperidine rings is 1. The molecule has 37 heavy (non-hydrogen) atoms. The summed E-state index contributed by atoms with van der Waals surface area (Å²) in [6.45, 7) is 3.66. The van der Waals surface area contributed by atoms with Crippen LogP contribution in [-0.2, 0) is 19.6 Å². The van der Waals surface area contributed by atoms with Crippen molar-refractivity contribution >= 4 is 45.1 Å². The van der Waals surface area contributed by atoms with Crippen LogP contribution >= 0.6 is 23.2 Å². The van der Waals surface area contributed by atoms with Gasteiger partial charge in [-0.2, -0.15) is 0 Å². The van der Waals surface area contributed by atoms with E-state index >= 15 is 0 Å².